The van der Waals surface area contributed by atoms with E-state index in [4.69, 9.17) is 0 Å². The molecule has 0 radical (unpaired) electrons. The number of nitrogens with zero attached hydrogens (tertiary/aromatic N) is 1. The van der Waals surface area contributed by atoms with E-state index in [-0.39, 0.29) is 6.04 Å². The summed E-state index contributed by atoms with van der Waals surface area (Å²) in [7, 11) is 0. The van der Waals surface area contributed by atoms with Gasteiger partial charge in [0.2, 0.25) is 0 Å². The maximum absolute atomic E-state index is 13.0. The molecule has 3 nitrogen and oxygen atoms in total. The highest BCUT2D eigenvalue weighted by atomic mass is 32.1. The Morgan fingerprint density at radius 3 is 2.55 bits per heavy atom. The Bertz CT molecular complexity index is 1010. The zero-order valence-corrected chi connectivity index (χ0v) is 16.3. The van der Waals surface area contributed by atoms with E-state index in [0.29, 0.717) is 19.5 Å². The van der Waals surface area contributed by atoms with Crippen molar-refractivity contribution < 1.29 is 23.1 Å². The third-order valence-corrected chi connectivity index (χ3v) is 6.51. The molecule has 0 amide bonds. The molecular weight excluding hydrogens is 399 g/mol. The number of carboxylic acids is 1. The Morgan fingerprint density at radius 2 is 1.86 bits per heavy atom. The van der Waals surface area contributed by atoms with Crippen LogP contribution in [-0.2, 0) is 11.0 Å². The number of thiophene rings is 1. The summed E-state index contributed by atoms with van der Waals surface area (Å²) in [5.74, 6) is -1.29. The van der Waals surface area contributed by atoms with Crippen molar-refractivity contribution in [1.29, 1.82) is 0 Å². The number of piperidine rings is 1. The maximum Gasteiger partial charge on any atom is 0.416 e. The minimum Gasteiger partial charge on any atom is -0.481 e. The highest BCUT2D eigenvalue weighted by Gasteiger charge is 2.34. The van der Waals surface area contributed by atoms with Gasteiger partial charge in [-0.1, -0.05) is 30.3 Å². The van der Waals surface area contributed by atoms with Crippen LogP contribution in [-0.4, -0.2) is 29.1 Å². The van der Waals surface area contributed by atoms with E-state index in [0.717, 1.165) is 39.8 Å². The fraction of sp³-hybridized carbons (Fsp3) is 0.318. The summed E-state index contributed by atoms with van der Waals surface area (Å²) < 4.78 is 40.2. The van der Waals surface area contributed by atoms with Gasteiger partial charge in [0.1, 0.15) is 0 Å². The van der Waals surface area contributed by atoms with Gasteiger partial charge in [0.25, 0.3) is 0 Å². The van der Waals surface area contributed by atoms with Crippen LogP contribution in [0.3, 0.4) is 0 Å². The van der Waals surface area contributed by atoms with Crippen molar-refractivity contribution in [3.8, 4) is 0 Å². The van der Waals surface area contributed by atoms with Gasteiger partial charge in [0, 0.05) is 11.2 Å². The predicted octanol–water partition coefficient (Wildman–Crippen LogP) is 5.81. The number of aliphatic carboxylic acids is 1. The average Bonchev–Trinajstić information content (AvgIpc) is 3.12. The highest BCUT2D eigenvalue weighted by Crippen LogP contribution is 2.40. The summed E-state index contributed by atoms with van der Waals surface area (Å²) in [4.78, 5) is 13.7. The fourth-order valence-electron chi connectivity index (χ4n) is 4.09. The highest BCUT2D eigenvalue weighted by molar-refractivity contribution is 7.17. The van der Waals surface area contributed by atoms with E-state index in [2.05, 4.69) is 4.90 Å². The first kappa shape index (κ1) is 19.9. The van der Waals surface area contributed by atoms with Crippen LogP contribution in [0.4, 0.5) is 13.2 Å². The van der Waals surface area contributed by atoms with E-state index in [1.807, 2.05) is 29.6 Å². The quantitative estimate of drug-likeness (QED) is 0.581. The summed E-state index contributed by atoms with van der Waals surface area (Å²) >= 11 is 1.59. The molecule has 2 unspecified atom stereocenters. The second-order valence-electron chi connectivity index (χ2n) is 7.38. The number of likely N-dealkylation sites (tertiary alicyclic amines) is 1. The van der Waals surface area contributed by atoms with Crippen molar-refractivity contribution in [3.63, 3.8) is 0 Å². The van der Waals surface area contributed by atoms with Crippen molar-refractivity contribution in [2.45, 2.75) is 25.1 Å². The number of alkyl halides is 3. The van der Waals surface area contributed by atoms with E-state index < -0.39 is 23.6 Å². The Labute approximate surface area is 170 Å². The molecule has 152 valence electrons. The lowest BCUT2D eigenvalue weighted by Crippen LogP contribution is -2.41. The lowest BCUT2D eigenvalue weighted by Gasteiger charge is -2.37. The summed E-state index contributed by atoms with van der Waals surface area (Å²) in [6.45, 7) is 1.09. The van der Waals surface area contributed by atoms with Crippen LogP contribution in [0.5, 0.6) is 0 Å². The number of carboxylic acid groups (broad SMARTS) is 1. The smallest absolute Gasteiger partial charge is 0.416 e. The lowest BCUT2D eigenvalue weighted by molar-refractivity contribution is -0.144. The maximum atomic E-state index is 13.0. The van der Waals surface area contributed by atoms with Gasteiger partial charge in [-0.25, -0.2) is 0 Å². The average molecular weight is 419 g/mol. The van der Waals surface area contributed by atoms with Gasteiger partial charge in [0.05, 0.1) is 17.5 Å². The van der Waals surface area contributed by atoms with Gasteiger partial charge in [-0.15, -0.1) is 11.3 Å². The second-order valence-corrected chi connectivity index (χ2v) is 8.29. The van der Waals surface area contributed by atoms with E-state index >= 15 is 0 Å². The van der Waals surface area contributed by atoms with Crippen LogP contribution >= 0.6 is 11.3 Å². The summed E-state index contributed by atoms with van der Waals surface area (Å²) in [6, 6.07) is 12.9. The first-order valence-electron chi connectivity index (χ1n) is 9.45. The Morgan fingerprint density at radius 1 is 1.14 bits per heavy atom. The summed E-state index contributed by atoms with van der Waals surface area (Å²) in [6.07, 6.45) is -3.02. The largest absolute Gasteiger partial charge is 0.481 e. The number of carbonyl (C=O) groups is 1. The van der Waals surface area contributed by atoms with Crippen molar-refractivity contribution >= 4 is 27.4 Å². The van der Waals surface area contributed by atoms with Gasteiger partial charge in [0.15, 0.2) is 0 Å². The molecule has 0 bridgehead atoms. The SMILES string of the molecule is O=C(O)C1CCCN(C(c2ccc(C(F)(F)F)cc2)c2csc3ccccc23)C1. The lowest BCUT2D eigenvalue weighted by atomic mass is 9.91. The van der Waals surface area contributed by atoms with Crippen molar-refractivity contribution in [1.82, 2.24) is 4.90 Å². The molecule has 1 saturated heterocycles. The van der Waals surface area contributed by atoms with Gasteiger partial charge in [-0.2, -0.15) is 13.2 Å². The van der Waals surface area contributed by atoms with Gasteiger partial charge >= 0.3 is 12.1 Å². The molecule has 2 atom stereocenters. The van der Waals surface area contributed by atoms with E-state index in [1.165, 1.54) is 12.1 Å². The van der Waals surface area contributed by atoms with Crippen molar-refractivity contribution in [2.75, 3.05) is 13.1 Å². The van der Waals surface area contributed by atoms with Gasteiger partial charge in [-0.05, 0) is 59.5 Å². The molecule has 2 heterocycles. The number of benzene rings is 2. The van der Waals surface area contributed by atoms with Crippen LogP contribution in [0.1, 0.15) is 35.6 Å². The molecule has 2 aromatic carbocycles. The molecule has 1 fully saturated rings. The molecule has 29 heavy (non-hydrogen) atoms. The molecule has 1 aliphatic rings. The molecule has 1 aromatic heterocycles. The molecule has 7 heteroatoms. The van der Waals surface area contributed by atoms with E-state index in [1.54, 1.807) is 11.3 Å². The molecule has 4 rings (SSSR count). The standard InChI is InChI=1S/C22H20F3NO2S/c23-22(24,25)16-9-7-14(8-10-16)20(26-11-3-4-15(12-26)21(27)28)18-13-29-19-6-2-1-5-17(18)19/h1-2,5-10,13,15,20H,3-4,11-12H2,(H,27,28). The number of hydrogen-bond acceptors (Lipinski definition) is 3. The molecule has 0 spiro atoms. The number of halogens is 3. The van der Waals surface area contributed by atoms with Crippen LogP contribution in [0.15, 0.2) is 53.9 Å². The Hall–Kier alpha value is -2.38. The van der Waals surface area contributed by atoms with E-state index in [9.17, 15) is 23.1 Å². The number of rotatable bonds is 4. The molecule has 0 saturated carbocycles. The third-order valence-electron chi connectivity index (χ3n) is 5.53. The number of fused-ring (bicyclic) bond motifs is 1. The predicted molar refractivity (Wildman–Crippen MR) is 107 cm³/mol. The van der Waals surface area contributed by atoms with Crippen LogP contribution in [0, 0.1) is 5.92 Å². The second kappa shape index (κ2) is 7.80. The Kier molecular flexibility index (Phi) is 5.36. The van der Waals surface area contributed by atoms with Crippen molar-refractivity contribution in [3.05, 3.63) is 70.6 Å². The molecular formula is C22H20F3NO2S. The monoisotopic (exact) mass is 419 g/mol. The van der Waals surface area contributed by atoms with Crippen LogP contribution in [0.2, 0.25) is 0 Å². The first-order chi connectivity index (χ1) is 13.8. The normalized spacial score (nSPS) is 19.3. The minimum atomic E-state index is -4.39. The van der Waals surface area contributed by atoms with Crippen LogP contribution < -0.4 is 0 Å². The molecule has 3 aromatic rings. The minimum absolute atomic E-state index is 0.282. The Balaban J connectivity index is 1.78. The van der Waals surface area contributed by atoms with Crippen molar-refractivity contribution in [2.24, 2.45) is 5.92 Å². The first-order valence-corrected chi connectivity index (χ1v) is 10.3. The van der Waals surface area contributed by atoms with Gasteiger partial charge < -0.3 is 5.11 Å². The number of hydrogen-bond donors (Lipinski definition) is 1. The topological polar surface area (TPSA) is 40.5 Å². The molecule has 0 aliphatic carbocycles. The zero-order chi connectivity index (χ0) is 20.6. The third kappa shape index (κ3) is 4.02. The van der Waals surface area contributed by atoms with Crippen LogP contribution in [0.25, 0.3) is 10.1 Å². The zero-order valence-electron chi connectivity index (χ0n) is 15.5. The van der Waals surface area contributed by atoms with Gasteiger partial charge in [-0.3, -0.25) is 9.69 Å². The molecule has 1 N–H and O–H groups in total. The summed E-state index contributed by atoms with van der Waals surface area (Å²) in [5, 5.41) is 12.6. The summed E-state index contributed by atoms with van der Waals surface area (Å²) in [5.41, 5.74) is 1.07. The fourth-order valence-corrected chi connectivity index (χ4v) is 5.07. The molecule has 1 aliphatic heterocycles.